The van der Waals surface area contributed by atoms with E-state index in [1.807, 2.05) is 18.2 Å². The van der Waals surface area contributed by atoms with Crippen LogP contribution in [-0.4, -0.2) is 51.9 Å². The molecule has 0 saturated heterocycles. The number of hydrogen-bond acceptors (Lipinski definition) is 6. The summed E-state index contributed by atoms with van der Waals surface area (Å²) in [6.45, 7) is 7.94. The molecular weight excluding hydrogens is 487 g/mol. The zero-order chi connectivity index (χ0) is 18.9. The number of anilines is 1. The highest BCUT2D eigenvalue weighted by atomic mass is 127. The van der Waals surface area contributed by atoms with E-state index < -0.39 is 0 Å². The normalized spacial score (nSPS) is 11.3. The Balaban J connectivity index is 0.00000280. The molecule has 3 N–H and O–H groups in total. The van der Waals surface area contributed by atoms with Crippen LogP contribution in [0.25, 0.3) is 10.2 Å². The smallest absolute Gasteiger partial charge is 0.191 e. The zero-order valence-corrected chi connectivity index (χ0v) is 19.3. The van der Waals surface area contributed by atoms with Crippen LogP contribution in [0.3, 0.4) is 0 Å². The van der Waals surface area contributed by atoms with Crippen LogP contribution in [0.5, 0.6) is 0 Å². The molecule has 0 bridgehead atoms. The van der Waals surface area contributed by atoms with Crippen molar-refractivity contribution in [1.29, 1.82) is 0 Å². The monoisotopic (exact) mass is 514 g/mol. The molecule has 3 rings (SSSR count). The molecule has 0 spiro atoms. The van der Waals surface area contributed by atoms with Crippen LogP contribution in [0.1, 0.15) is 19.7 Å². The van der Waals surface area contributed by atoms with Gasteiger partial charge in [-0.25, -0.2) is 4.98 Å². The molecule has 0 amide bonds. The third kappa shape index (κ3) is 6.30. The number of halogens is 1. The van der Waals surface area contributed by atoms with E-state index in [0.717, 1.165) is 55.0 Å². The number of para-hydroxylation sites is 1. The Morgan fingerprint density at radius 3 is 2.82 bits per heavy atom. The van der Waals surface area contributed by atoms with Gasteiger partial charge in [-0.2, -0.15) is 0 Å². The number of nitrogens with zero attached hydrogens (tertiary/aromatic N) is 5. The van der Waals surface area contributed by atoms with E-state index in [-0.39, 0.29) is 24.0 Å². The van der Waals surface area contributed by atoms with Gasteiger partial charge in [0, 0.05) is 32.6 Å². The van der Waals surface area contributed by atoms with Crippen molar-refractivity contribution in [1.82, 2.24) is 30.4 Å². The van der Waals surface area contributed by atoms with Crippen molar-refractivity contribution < 1.29 is 0 Å². The Morgan fingerprint density at radius 1 is 1.18 bits per heavy atom. The van der Waals surface area contributed by atoms with Crippen molar-refractivity contribution in [3.05, 3.63) is 36.4 Å². The first-order chi connectivity index (χ1) is 13.3. The van der Waals surface area contributed by atoms with Gasteiger partial charge < -0.3 is 20.5 Å². The molecule has 1 aromatic carbocycles. The Morgan fingerprint density at radius 2 is 2.04 bits per heavy atom. The Kier molecular flexibility index (Phi) is 9.41. The second-order valence-electron chi connectivity index (χ2n) is 5.90. The average molecular weight is 514 g/mol. The van der Waals surface area contributed by atoms with E-state index in [1.54, 1.807) is 17.7 Å². The lowest BCUT2D eigenvalue weighted by Crippen LogP contribution is -2.39. The van der Waals surface area contributed by atoms with E-state index in [2.05, 4.69) is 60.6 Å². The average Bonchev–Trinajstić information content (AvgIpc) is 3.31. The predicted molar refractivity (Wildman–Crippen MR) is 127 cm³/mol. The number of guanidine groups is 1. The highest BCUT2D eigenvalue weighted by Gasteiger charge is 2.03. The van der Waals surface area contributed by atoms with Crippen molar-refractivity contribution in [3.8, 4) is 0 Å². The van der Waals surface area contributed by atoms with E-state index in [0.29, 0.717) is 6.54 Å². The lowest BCUT2D eigenvalue weighted by molar-refractivity contribution is 0.633. The van der Waals surface area contributed by atoms with Gasteiger partial charge in [-0.15, -0.1) is 34.2 Å². The fourth-order valence-electron chi connectivity index (χ4n) is 2.65. The molecule has 2 heterocycles. The topological polar surface area (TPSA) is 92.1 Å². The third-order valence-electron chi connectivity index (χ3n) is 3.95. The fourth-order valence-corrected chi connectivity index (χ4v) is 3.55. The molecule has 2 aromatic heterocycles. The number of thiazole rings is 1. The van der Waals surface area contributed by atoms with Crippen molar-refractivity contribution in [2.24, 2.45) is 4.99 Å². The van der Waals surface area contributed by atoms with Crippen molar-refractivity contribution in [2.45, 2.75) is 26.8 Å². The first-order valence-corrected chi connectivity index (χ1v) is 10.1. The highest BCUT2D eigenvalue weighted by molar-refractivity contribution is 14.0. The molecule has 28 heavy (non-hydrogen) atoms. The predicted octanol–water partition coefficient (Wildman–Crippen LogP) is 2.74. The van der Waals surface area contributed by atoms with E-state index in [4.69, 9.17) is 0 Å². The summed E-state index contributed by atoms with van der Waals surface area (Å²) in [7, 11) is 0. The minimum Gasteiger partial charge on any atom is -0.360 e. The first kappa shape index (κ1) is 22.3. The number of aliphatic imine (C=N–C) groups is 1. The van der Waals surface area contributed by atoms with Crippen LogP contribution in [-0.2, 0) is 13.0 Å². The molecule has 0 aliphatic rings. The van der Waals surface area contributed by atoms with E-state index in [9.17, 15) is 0 Å². The van der Waals surface area contributed by atoms with Gasteiger partial charge in [0.15, 0.2) is 11.1 Å². The van der Waals surface area contributed by atoms with Crippen molar-refractivity contribution >= 4 is 56.6 Å². The first-order valence-electron chi connectivity index (χ1n) is 9.28. The summed E-state index contributed by atoms with van der Waals surface area (Å²) >= 11 is 1.67. The van der Waals surface area contributed by atoms with Gasteiger partial charge in [0.25, 0.3) is 0 Å². The number of benzene rings is 1. The number of fused-ring (bicyclic) bond motifs is 1. The van der Waals surface area contributed by atoms with Crippen LogP contribution < -0.4 is 16.0 Å². The third-order valence-corrected chi connectivity index (χ3v) is 4.95. The Bertz CT molecular complexity index is 842. The van der Waals surface area contributed by atoms with Crippen LogP contribution in [0.15, 0.2) is 35.6 Å². The van der Waals surface area contributed by atoms with Crippen LogP contribution in [0, 0.1) is 0 Å². The second kappa shape index (κ2) is 11.8. The summed E-state index contributed by atoms with van der Waals surface area (Å²) in [5.41, 5.74) is 1.03. The van der Waals surface area contributed by atoms with Gasteiger partial charge in [0.2, 0.25) is 0 Å². The molecule has 0 atom stereocenters. The lowest BCUT2D eigenvalue weighted by atomic mass is 10.3. The molecule has 152 valence electrons. The summed E-state index contributed by atoms with van der Waals surface area (Å²) in [4.78, 5) is 9.19. The fraction of sp³-hybridized carbons (Fsp3) is 0.444. The number of aryl methyl sites for hydroxylation is 1. The largest absolute Gasteiger partial charge is 0.360 e. The van der Waals surface area contributed by atoms with Gasteiger partial charge in [-0.3, -0.25) is 4.99 Å². The van der Waals surface area contributed by atoms with Crippen LogP contribution in [0.2, 0.25) is 0 Å². The van der Waals surface area contributed by atoms with Crippen molar-refractivity contribution in [2.75, 3.05) is 31.5 Å². The summed E-state index contributed by atoms with van der Waals surface area (Å²) in [5.74, 6) is 1.81. The summed E-state index contributed by atoms with van der Waals surface area (Å²) in [6, 6.07) is 8.16. The standard InChI is InChI=1S/C18H26N8S.HI/c1-3-16-25-23-13-26(16)12-11-21-17(19-4-2)20-9-10-22-18-24-14-7-5-6-8-15(14)27-18;/h5-8,13H,3-4,9-12H2,1-2H3,(H,22,24)(H2,19,20,21);1H. The number of hydrogen-bond donors (Lipinski definition) is 3. The molecule has 0 aliphatic carbocycles. The molecule has 3 aromatic rings. The molecule has 0 unspecified atom stereocenters. The molecule has 0 fully saturated rings. The highest BCUT2D eigenvalue weighted by Crippen LogP contribution is 2.24. The Labute approximate surface area is 186 Å². The number of nitrogens with one attached hydrogen (secondary N) is 3. The van der Waals surface area contributed by atoms with Crippen LogP contribution >= 0.6 is 35.3 Å². The van der Waals surface area contributed by atoms with Gasteiger partial charge in [-0.1, -0.05) is 30.4 Å². The van der Waals surface area contributed by atoms with E-state index >= 15 is 0 Å². The van der Waals surface area contributed by atoms with E-state index in [1.165, 1.54) is 4.70 Å². The Hall–Kier alpha value is -1.95. The molecule has 0 radical (unpaired) electrons. The molecule has 0 aliphatic heterocycles. The molecule has 0 saturated carbocycles. The zero-order valence-electron chi connectivity index (χ0n) is 16.2. The quantitative estimate of drug-likeness (QED) is 0.176. The molecule has 8 nitrogen and oxygen atoms in total. The van der Waals surface area contributed by atoms with Crippen molar-refractivity contribution in [3.63, 3.8) is 0 Å². The summed E-state index contributed by atoms with van der Waals surface area (Å²) < 4.78 is 3.25. The molecule has 10 heteroatoms. The van der Waals surface area contributed by atoms with Gasteiger partial charge in [-0.05, 0) is 19.1 Å². The van der Waals surface area contributed by atoms with Crippen LogP contribution in [0.4, 0.5) is 5.13 Å². The van der Waals surface area contributed by atoms with Gasteiger partial charge >= 0.3 is 0 Å². The minimum absolute atomic E-state index is 0. The summed E-state index contributed by atoms with van der Waals surface area (Å²) in [5, 5.41) is 19.0. The van der Waals surface area contributed by atoms with Gasteiger partial charge in [0.1, 0.15) is 12.2 Å². The molecular formula is C18H27IN8S. The minimum atomic E-state index is 0. The number of aromatic nitrogens is 4. The SMILES string of the molecule is CCNC(=NCCNc1nc2ccccc2s1)NCCn1cnnc1CC.I. The van der Waals surface area contributed by atoms with Gasteiger partial charge in [0.05, 0.1) is 16.8 Å². The maximum absolute atomic E-state index is 4.61. The second-order valence-corrected chi connectivity index (χ2v) is 6.93. The lowest BCUT2D eigenvalue weighted by Gasteiger charge is -2.12. The number of rotatable bonds is 9. The maximum atomic E-state index is 4.61. The maximum Gasteiger partial charge on any atom is 0.191 e. The summed E-state index contributed by atoms with van der Waals surface area (Å²) in [6.07, 6.45) is 2.65.